The number of hydrogen-bond donors (Lipinski definition) is 0. The lowest BCUT2D eigenvalue weighted by atomic mass is 10.1. The number of aryl methyl sites for hydroxylation is 1. The lowest BCUT2D eigenvalue weighted by Crippen LogP contribution is -1.95. The molecule has 0 heterocycles. The van der Waals surface area contributed by atoms with Gasteiger partial charge in [-0.15, -0.1) is 11.6 Å². The van der Waals surface area contributed by atoms with Gasteiger partial charge in [-0.25, -0.2) is 0 Å². The van der Waals surface area contributed by atoms with E-state index in [2.05, 4.69) is 6.92 Å². The van der Waals surface area contributed by atoms with Gasteiger partial charge in [-0.05, 0) is 43.7 Å². The van der Waals surface area contributed by atoms with Crippen molar-refractivity contribution in [3.05, 3.63) is 53.6 Å². The number of halogens is 1. The Morgan fingerprint density at radius 2 is 1.70 bits per heavy atom. The fraction of sp³-hybridized carbons (Fsp3) is 0.294. The Morgan fingerprint density at radius 1 is 1.00 bits per heavy atom. The van der Waals surface area contributed by atoms with Crippen molar-refractivity contribution >= 4 is 11.6 Å². The highest BCUT2D eigenvalue weighted by molar-refractivity contribution is 6.17. The molecule has 2 nitrogen and oxygen atoms in total. The Hall–Kier alpha value is -1.67. The molecule has 0 fully saturated rings. The molecule has 0 saturated heterocycles. The Kier molecular flexibility index (Phi) is 5.31. The minimum atomic E-state index is 0.439. The van der Waals surface area contributed by atoms with Gasteiger partial charge in [0.15, 0.2) is 0 Å². The normalized spacial score (nSPS) is 10.3. The molecule has 3 heteroatoms. The van der Waals surface area contributed by atoms with E-state index in [0.717, 1.165) is 35.8 Å². The zero-order valence-corrected chi connectivity index (χ0v) is 12.6. The summed E-state index contributed by atoms with van der Waals surface area (Å²) in [5.41, 5.74) is 2.18. The van der Waals surface area contributed by atoms with E-state index in [-0.39, 0.29) is 0 Å². The van der Waals surface area contributed by atoms with Crippen LogP contribution in [0.4, 0.5) is 0 Å². The van der Waals surface area contributed by atoms with Gasteiger partial charge in [-0.1, -0.05) is 24.6 Å². The Morgan fingerprint density at radius 3 is 2.35 bits per heavy atom. The van der Waals surface area contributed by atoms with E-state index in [1.54, 1.807) is 0 Å². The Bertz CT molecular complexity index is 549. The monoisotopic (exact) mass is 290 g/mol. The van der Waals surface area contributed by atoms with E-state index in [9.17, 15) is 0 Å². The molecule has 0 spiro atoms. The molecule has 2 aromatic carbocycles. The van der Waals surface area contributed by atoms with Gasteiger partial charge in [0, 0.05) is 5.56 Å². The minimum Gasteiger partial charge on any atom is -0.494 e. The molecule has 0 unspecified atom stereocenters. The SMILES string of the molecule is CCCOc1ccc(Oc2ccc(C)cc2CCl)cc1. The van der Waals surface area contributed by atoms with Crippen LogP contribution in [0.3, 0.4) is 0 Å². The minimum absolute atomic E-state index is 0.439. The van der Waals surface area contributed by atoms with Gasteiger partial charge in [0.05, 0.1) is 12.5 Å². The van der Waals surface area contributed by atoms with Crippen LogP contribution < -0.4 is 9.47 Å². The average molecular weight is 291 g/mol. The lowest BCUT2D eigenvalue weighted by molar-refractivity contribution is 0.317. The van der Waals surface area contributed by atoms with Crippen LogP contribution in [0.2, 0.25) is 0 Å². The van der Waals surface area contributed by atoms with Crippen molar-refractivity contribution in [1.29, 1.82) is 0 Å². The molecule has 0 radical (unpaired) electrons. The smallest absolute Gasteiger partial charge is 0.131 e. The van der Waals surface area contributed by atoms with Crippen molar-refractivity contribution < 1.29 is 9.47 Å². The highest BCUT2D eigenvalue weighted by atomic mass is 35.5. The number of hydrogen-bond acceptors (Lipinski definition) is 2. The third-order valence-electron chi connectivity index (χ3n) is 2.88. The molecule has 0 aromatic heterocycles. The van der Waals surface area contributed by atoms with Crippen LogP contribution in [0.5, 0.6) is 17.2 Å². The molecule has 0 N–H and O–H groups in total. The maximum atomic E-state index is 5.95. The topological polar surface area (TPSA) is 18.5 Å². The third-order valence-corrected chi connectivity index (χ3v) is 3.17. The zero-order chi connectivity index (χ0) is 14.4. The average Bonchev–Trinajstić information content (AvgIpc) is 2.48. The summed E-state index contributed by atoms with van der Waals surface area (Å²) in [5.74, 6) is 2.88. The van der Waals surface area contributed by atoms with Crippen LogP contribution in [-0.2, 0) is 5.88 Å². The van der Waals surface area contributed by atoms with Crippen molar-refractivity contribution in [2.75, 3.05) is 6.61 Å². The highest BCUT2D eigenvalue weighted by Crippen LogP contribution is 2.28. The van der Waals surface area contributed by atoms with E-state index >= 15 is 0 Å². The van der Waals surface area contributed by atoms with Crippen LogP contribution in [0, 0.1) is 6.92 Å². The summed E-state index contributed by atoms with van der Waals surface area (Å²) in [6, 6.07) is 13.7. The predicted octanol–water partition coefficient (Wildman–Crippen LogP) is 5.31. The molecule has 0 aliphatic carbocycles. The summed E-state index contributed by atoms with van der Waals surface area (Å²) in [7, 11) is 0. The Labute approximate surface area is 125 Å². The van der Waals surface area contributed by atoms with Crippen molar-refractivity contribution in [1.82, 2.24) is 0 Å². The van der Waals surface area contributed by atoms with Crippen molar-refractivity contribution in [2.24, 2.45) is 0 Å². The fourth-order valence-corrected chi connectivity index (χ4v) is 2.07. The molecule has 0 amide bonds. The van der Waals surface area contributed by atoms with Gasteiger partial charge in [0.2, 0.25) is 0 Å². The second-order valence-electron chi connectivity index (χ2n) is 4.67. The molecule has 0 aliphatic heterocycles. The predicted molar refractivity (Wildman–Crippen MR) is 83.0 cm³/mol. The molecule has 20 heavy (non-hydrogen) atoms. The maximum Gasteiger partial charge on any atom is 0.131 e. The van der Waals surface area contributed by atoms with Crippen LogP contribution >= 0.6 is 11.6 Å². The first kappa shape index (κ1) is 14.7. The van der Waals surface area contributed by atoms with E-state index in [0.29, 0.717) is 5.88 Å². The first-order chi connectivity index (χ1) is 9.72. The summed E-state index contributed by atoms with van der Waals surface area (Å²) in [6.07, 6.45) is 1.00. The first-order valence-electron chi connectivity index (χ1n) is 6.79. The van der Waals surface area contributed by atoms with Crippen molar-refractivity contribution in [3.63, 3.8) is 0 Å². The molecule has 0 atom stereocenters. The van der Waals surface area contributed by atoms with E-state index in [1.165, 1.54) is 5.56 Å². The standard InChI is InChI=1S/C17H19ClO2/c1-3-10-19-15-5-7-16(8-6-15)20-17-9-4-13(2)11-14(17)12-18/h4-9,11H,3,10,12H2,1-2H3. The molecule has 0 bridgehead atoms. The van der Waals surface area contributed by atoms with Crippen LogP contribution in [-0.4, -0.2) is 6.61 Å². The fourth-order valence-electron chi connectivity index (χ4n) is 1.86. The number of rotatable bonds is 6. The van der Waals surface area contributed by atoms with Gasteiger partial charge < -0.3 is 9.47 Å². The molecular weight excluding hydrogens is 272 g/mol. The van der Waals surface area contributed by atoms with Crippen LogP contribution in [0.15, 0.2) is 42.5 Å². The van der Waals surface area contributed by atoms with Gasteiger partial charge in [0.25, 0.3) is 0 Å². The van der Waals surface area contributed by atoms with E-state index < -0.39 is 0 Å². The first-order valence-corrected chi connectivity index (χ1v) is 7.32. The quantitative estimate of drug-likeness (QED) is 0.671. The summed E-state index contributed by atoms with van der Waals surface area (Å²) in [6.45, 7) is 4.86. The van der Waals surface area contributed by atoms with E-state index in [4.69, 9.17) is 21.1 Å². The summed E-state index contributed by atoms with van der Waals surface area (Å²) in [4.78, 5) is 0. The second-order valence-corrected chi connectivity index (χ2v) is 4.93. The summed E-state index contributed by atoms with van der Waals surface area (Å²) in [5, 5.41) is 0. The van der Waals surface area contributed by atoms with Crippen molar-refractivity contribution in [2.45, 2.75) is 26.1 Å². The summed E-state index contributed by atoms with van der Waals surface area (Å²) >= 11 is 5.95. The number of ether oxygens (including phenoxy) is 2. The van der Waals surface area contributed by atoms with E-state index in [1.807, 2.05) is 49.4 Å². The van der Waals surface area contributed by atoms with Gasteiger partial charge in [0.1, 0.15) is 17.2 Å². The molecule has 0 saturated carbocycles. The van der Waals surface area contributed by atoms with Crippen molar-refractivity contribution in [3.8, 4) is 17.2 Å². The Balaban J connectivity index is 2.10. The largest absolute Gasteiger partial charge is 0.494 e. The zero-order valence-electron chi connectivity index (χ0n) is 11.9. The second kappa shape index (κ2) is 7.20. The summed E-state index contributed by atoms with van der Waals surface area (Å²) < 4.78 is 11.4. The number of alkyl halides is 1. The van der Waals surface area contributed by atoms with Gasteiger partial charge >= 0.3 is 0 Å². The third kappa shape index (κ3) is 3.91. The number of benzene rings is 2. The molecular formula is C17H19ClO2. The molecule has 2 aromatic rings. The molecule has 2 rings (SSSR count). The maximum absolute atomic E-state index is 5.95. The van der Waals surface area contributed by atoms with Gasteiger partial charge in [-0.2, -0.15) is 0 Å². The molecule has 106 valence electrons. The van der Waals surface area contributed by atoms with Crippen LogP contribution in [0.1, 0.15) is 24.5 Å². The highest BCUT2D eigenvalue weighted by Gasteiger charge is 2.05. The molecule has 0 aliphatic rings. The van der Waals surface area contributed by atoms with Gasteiger partial charge in [-0.3, -0.25) is 0 Å². The van der Waals surface area contributed by atoms with Crippen LogP contribution in [0.25, 0.3) is 0 Å². The lowest BCUT2D eigenvalue weighted by Gasteiger charge is -2.11.